The Kier molecular flexibility index (Phi) is 10.3. The summed E-state index contributed by atoms with van der Waals surface area (Å²) < 4.78 is 6.01. The molecule has 0 heterocycles. The molecule has 0 radical (unpaired) electrons. The van der Waals surface area contributed by atoms with E-state index < -0.39 is 0 Å². The maximum absolute atomic E-state index is 4.96. The van der Waals surface area contributed by atoms with Gasteiger partial charge in [0.15, 0.2) is 0 Å². The molecule has 3 heteroatoms. The summed E-state index contributed by atoms with van der Waals surface area (Å²) in [6.45, 7) is 0. The van der Waals surface area contributed by atoms with Crippen LogP contribution in [0.3, 0.4) is 0 Å². The van der Waals surface area contributed by atoms with Gasteiger partial charge < -0.3 is 12.2 Å². The molecule has 1 nitrogen and oxygen atoms in total. The SMILES string of the molecule is COc1cccc(Br)c1.[CH3-].[K+]. The van der Waals surface area contributed by atoms with Crippen molar-refractivity contribution in [2.24, 2.45) is 0 Å². The zero-order valence-corrected chi connectivity index (χ0v) is 11.8. The van der Waals surface area contributed by atoms with Gasteiger partial charge in [0.25, 0.3) is 0 Å². The molecule has 0 amide bonds. The van der Waals surface area contributed by atoms with Crippen LogP contribution in [-0.4, -0.2) is 7.11 Å². The average molecular weight is 241 g/mol. The molecule has 0 N–H and O–H groups in total. The molecule has 0 unspecified atom stereocenters. The van der Waals surface area contributed by atoms with Gasteiger partial charge in [-0.3, -0.25) is 0 Å². The van der Waals surface area contributed by atoms with Gasteiger partial charge >= 0.3 is 51.4 Å². The van der Waals surface area contributed by atoms with E-state index >= 15 is 0 Å². The Balaban J connectivity index is 0. The molecule has 0 aliphatic carbocycles. The molecular weight excluding hydrogens is 231 g/mol. The third kappa shape index (κ3) is 5.39. The molecule has 1 aromatic rings. The van der Waals surface area contributed by atoms with E-state index in [1.165, 1.54) is 0 Å². The van der Waals surface area contributed by atoms with Gasteiger partial charge in [-0.1, -0.05) is 22.0 Å². The van der Waals surface area contributed by atoms with Gasteiger partial charge in [-0.15, -0.1) is 0 Å². The molecule has 0 bridgehead atoms. The van der Waals surface area contributed by atoms with Gasteiger partial charge in [0.2, 0.25) is 0 Å². The molecule has 0 atom stereocenters. The Hall–Kier alpha value is 1.14. The molecule has 56 valence electrons. The maximum atomic E-state index is 4.96. The molecule has 1 rings (SSSR count). The molecule has 0 spiro atoms. The van der Waals surface area contributed by atoms with E-state index in [0.717, 1.165) is 10.2 Å². The van der Waals surface area contributed by atoms with Gasteiger partial charge in [0.05, 0.1) is 7.11 Å². The Morgan fingerprint density at radius 3 is 2.36 bits per heavy atom. The van der Waals surface area contributed by atoms with E-state index in [9.17, 15) is 0 Å². The van der Waals surface area contributed by atoms with Crippen LogP contribution in [0.15, 0.2) is 28.7 Å². The molecular formula is C8H10BrKO. The fourth-order valence-corrected chi connectivity index (χ4v) is 0.972. The van der Waals surface area contributed by atoms with Crippen LogP contribution in [-0.2, 0) is 0 Å². The second-order valence-corrected chi connectivity index (χ2v) is 2.58. The van der Waals surface area contributed by atoms with Crippen molar-refractivity contribution in [3.05, 3.63) is 36.2 Å². The van der Waals surface area contributed by atoms with E-state index in [4.69, 9.17) is 4.74 Å². The number of benzene rings is 1. The summed E-state index contributed by atoms with van der Waals surface area (Å²) in [5, 5.41) is 0. The molecule has 0 aliphatic heterocycles. The van der Waals surface area contributed by atoms with Crippen molar-refractivity contribution in [1.82, 2.24) is 0 Å². The van der Waals surface area contributed by atoms with Gasteiger partial charge in [-0.05, 0) is 18.2 Å². The summed E-state index contributed by atoms with van der Waals surface area (Å²) in [5.74, 6) is 0.879. The van der Waals surface area contributed by atoms with Crippen molar-refractivity contribution in [3.63, 3.8) is 0 Å². The third-order valence-corrected chi connectivity index (χ3v) is 1.53. The molecule has 0 saturated heterocycles. The van der Waals surface area contributed by atoms with Crippen LogP contribution in [0.1, 0.15) is 0 Å². The third-order valence-electron chi connectivity index (χ3n) is 1.03. The molecule has 0 saturated carbocycles. The average Bonchev–Trinajstić information content (AvgIpc) is 1.88. The van der Waals surface area contributed by atoms with Gasteiger partial charge in [-0.25, -0.2) is 0 Å². The van der Waals surface area contributed by atoms with E-state index in [2.05, 4.69) is 15.9 Å². The Labute approximate surface area is 119 Å². The number of methoxy groups -OCH3 is 1. The fourth-order valence-electron chi connectivity index (χ4n) is 0.594. The van der Waals surface area contributed by atoms with Crippen molar-refractivity contribution in [2.75, 3.05) is 7.11 Å². The molecule has 0 aromatic heterocycles. The van der Waals surface area contributed by atoms with E-state index in [1.807, 2.05) is 24.3 Å². The predicted octanol–water partition coefficient (Wildman–Crippen LogP) is -0.0880. The summed E-state index contributed by atoms with van der Waals surface area (Å²) in [7, 11) is 1.65. The van der Waals surface area contributed by atoms with Crippen LogP contribution in [0.2, 0.25) is 0 Å². The maximum Gasteiger partial charge on any atom is 1.00 e. The first-order valence-corrected chi connectivity index (χ1v) is 3.42. The van der Waals surface area contributed by atoms with Crippen molar-refractivity contribution in [1.29, 1.82) is 0 Å². The number of hydrogen-bond donors (Lipinski definition) is 0. The second kappa shape index (κ2) is 7.77. The summed E-state index contributed by atoms with van der Waals surface area (Å²) in [5.41, 5.74) is 0. The minimum Gasteiger partial charge on any atom is -0.497 e. The number of rotatable bonds is 1. The summed E-state index contributed by atoms with van der Waals surface area (Å²) in [6.07, 6.45) is 0. The standard InChI is InChI=1S/C7H7BrO.CH3.K/c1-9-7-4-2-3-6(8)5-7;;/h2-5H,1H3;1H3;/q;-1;+1. The van der Waals surface area contributed by atoms with E-state index in [-0.39, 0.29) is 58.8 Å². The Morgan fingerprint density at radius 1 is 1.36 bits per heavy atom. The van der Waals surface area contributed by atoms with Crippen LogP contribution < -0.4 is 56.1 Å². The van der Waals surface area contributed by atoms with Gasteiger partial charge in [0, 0.05) is 4.47 Å². The number of halogens is 1. The fraction of sp³-hybridized carbons (Fsp3) is 0.125. The second-order valence-electron chi connectivity index (χ2n) is 1.66. The van der Waals surface area contributed by atoms with Crippen LogP contribution >= 0.6 is 15.9 Å². The van der Waals surface area contributed by atoms with E-state index in [0.29, 0.717) is 0 Å². The van der Waals surface area contributed by atoms with E-state index in [1.54, 1.807) is 7.11 Å². The Bertz CT molecular complexity index is 203. The molecule has 0 fully saturated rings. The number of hydrogen-bond acceptors (Lipinski definition) is 1. The first-order chi connectivity index (χ1) is 4.33. The van der Waals surface area contributed by atoms with Crippen LogP contribution in [0.4, 0.5) is 0 Å². The molecule has 1 aromatic carbocycles. The van der Waals surface area contributed by atoms with Gasteiger partial charge in [-0.2, -0.15) is 0 Å². The predicted molar refractivity (Wildman–Crippen MR) is 47.1 cm³/mol. The van der Waals surface area contributed by atoms with Crippen LogP contribution in [0.5, 0.6) is 5.75 Å². The largest absolute Gasteiger partial charge is 1.00 e. The Morgan fingerprint density at radius 2 is 2.00 bits per heavy atom. The monoisotopic (exact) mass is 240 g/mol. The van der Waals surface area contributed by atoms with Crippen LogP contribution in [0, 0.1) is 7.43 Å². The quantitative estimate of drug-likeness (QED) is 0.493. The van der Waals surface area contributed by atoms with Crippen LogP contribution in [0.25, 0.3) is 0 Å². The minimum atomic E-state index is 0. The first kappa shape index (κ1) is 14.6. The smallest absolute Gasteiger partial charge is 0.497 e. The molecule has 11 heavy (non-hydrogen) atoms. The number of ether oxygens (including phenoxy) is 1. The normalized spacial score (nSPS) is 7.45. The summed E-state index contributed by atoms with van der Waals surface area (Å²) >= 11 is 3.32. The van der Waals surface area contributed by atoms with Crippen molar-refractivity contribution in [2.45, 2.75) is 0 Å². The zero-order chi connectivity index (χ0) is 6.69. The summed E-state index contributed by atoms with van der Waals surface area (Å²) in [4.78, 5) is 0. The van der Waals surface area contributed by atoms with Crippen molar-refractivity contribution >= 4 is 15.9 Å². The topological polar surface area (TPSA) is 9.23 Å². The first-order valence-electron chi connectivity index (χ1n) is 2.62. The minimum absolute atomic E-state index is 0. The molecule has 0 aliphatic rings. The van der Waals surface area contributed by atoms with Crippen molar-refractivity contribution in [3.8, 4) is 5.75 Å². The van der Waals surface area contributed by atoms with Crippen molar-refractivity contribution < 1.29 is 56.1 Å². The zero-order valence-electron chi connectivity index (χ0n) is 7.10. The van der Waals surface area contributed by atoms with Gasteiger partial charge in [0.1, 0.15) is 5.75 Å². The summed E-state index contributed by atoms with van der Waals surface area (Å²) in [6, 6.07) is 7.72.